The Morgan fingerprint density at radius 1 is 1.00 bits per heavy atom. The van der Waals surface area contributed by atoms with E-state index in [1.165, 1.54) is 0 Å². The van der Waals surface area contributed by atoms with Crippen molar-refractivity contribution in [2.75, 3.05) is 19.0 Å². The molecule has 22 heavy (non-hydrogen) atoms. The number of methoxy groups -OCH3 is 1. The van der Waals surface area contributed by atoms with Crippen molar-refractivity contribution < 1.29 is 9.47 Å². The monoisotopic (exact) mass is 294 g/mol. The molecule has 4 nitrogen and oxygen atoms in total. The number of aromatic nitrogens is 1. The molecule has 0 atom stereocenters. The molecule has 0 saturated carbocycles. The maximum atomic E-state index is 5.56. The molecule has 0 bridgehead atoms. The highest BCUT2D eigenvalue weighted by Gasteiger charge is 2.04. The van der Waals surface area contributed by atoms with E-state index in [-0.39, 0.29) is 0 Å². The van der Waals surface area contributed by atoms with Gasteiger partial charge in [-0.25, -0.2) is 4.98 Å². The highest BCUT2D eigenvalue weighted by molar-refractivity contribution is 5.90. The van der Waals surface area contributed by atoms with E-state index in [0.717, 1.165) is 27.9 Å². The van der Waals surface area contributed by atoms with Gasteiger partial charge in [0.25, 0.3) is 0 Å². The molecule has 2 aromatic carbocycles. The summed E-state index contributed by atoms with van der Waals surface area (Å²) in [4.78, 5) is 4.27. The van der Waals surface area contributed by atoms with E-state index >= 15 is 0 Å². The molecule has 1 aromatic heterocycles. The van der Waals surface area contributed by atoms with Crippen LogP contribution in [0.3, 0.4) is 0 Å². The van der Waals surface area contributed by atoms with E-state index in [0.29, 0.717) is 12.5 Å². The molecule has 0 fully saturated rings. The van der Waals surface area contributed by atoms with Gasteiger partial charge in [0.1, 0.15) is 5.75 Å². The lowest BCUT2D eigenvalue weighted by atomic mass is 10.1. The van der Waals surface area contributed by atoms with Crippen molar-refractivity contribution in [3.63, 3.8) is 0 Å². The zero-order valence-corrected chi connectivity index (χ0v) is 12.7. The molecule has 0 unspecified atom stereocenters. The first-order chi connectivity index (χ1) is 10.8. The molecule has 0 aliphatic carbocycles. The molecule has 0 spiro atoms. The summed E-state index contributed by atoms with van der Waals surface area (Å²) in [5, 5.41) is 5.49. The lowest BCUT2D eigenvalue weighted by molar-refractivity contribution is 0.331. The Bertz CT molecular complexity index is 770. The van der Waals surface area contributed by atoms with E-state index in [4.69, 9.17) is 9.47 Å². The normalized spacial score (nSPS) is 10.5. The maximum Gasteiger partial charge on any atom is 0.221 e. The van der Waals surface area contributed by atoms with Crippen LogP contribution >= 0.6 is 0 Å². The van der Waals surface area contributed by atoms with Crippen LogP contribution in [0, 0.1) is 0 Å². The summed E-state index contributed by atoms with van der Waals surface area (Å²) in [6, 6.07) is 16.0. The van der Waals surface area contributed by atoms with Crippen LogP contribution in [0.5, 0.6) is 11.6 Å². The molecule has 0 amide bonds. The molecular formula is C18H18N2O2. The minimum absolute atomic E-state index is 0.609. The minimum Gasteiger partial charge on any atom is -0.497 e. The Labute approximate surface area is 129 Å². The second kappa shape index (κ2) is 6.35. The van der Waals surface area contributed by atoms with Gasteiger partial charge in [0.2, 0.25) is 5.88 Å². The minimum atomic E-state index is 0.609. The zero-order chi connectivity index (χ0) is 15.4. The summed E-state index contributed by atoms with van der Waals surface area (Å²) < 4.78 is 10.7. The SMILES string of the molecule is CCOc1nccc2cc(Nc3ccc(OC)cc3)ccc12. The van der Waals surface area contributed by atoms with E-state index in [2.05, 4.69) is 16.4 Å². The van der Waals surface area contributed by atoms with Gasteiger partial charge in [0, 0.05) is 23.0 Å². The Morgan fingerprint density at radius 3 is 2.50 bits per heavy atom. The molecule has 112 valence electrons. The van der Waals surface area contributed by atoms with Crippen LogP contribution in [-0.2, 0) is 0 Å². The fourth-order valence-corrected chi connectivity index (χ4v) is 2.32. The first-order valence-electron chi connectivity index (χ1n) is 7.23. The average Bonchev–Trinajstić information content (AvgIpc) is 2.56. The third-order valence-electron chi connectivity index (χ3n) is 3.39. The number of ether oxygens (including phenoxy) is 2. The predicted octanol–water partition coefficient (Wildman–Crippen LogP) is 4.39. The molecule has 0 aliphatic rings. The topological polar surface area (TPSA) is 43.4 Å². The van der Waals surface area contributed by atoms with Gasteiger partial charge in [-0.05, 0) is 60.8 Å². The third kappa shape index (κ3) is 2.96. The van der Waals surface area contributed by atoms with Crippen molar-refractivity contribution >= 4 is 22.1 Å². The van der Waals surface area contributed by atoms with Gasteiger partial charge < -0.3 is 14.8 Å². The van der Waals surface area contributed by atoms with Crippen LogP contribution in [0.25, 0.3) is 10.8 Å². The van der Waals surface area contributed by atoms with Crippen LogP contribution in [0.15, 0.2) is 54.7 Å². The highest BCUT2D eigenvalue weighted by atomic mass is 16.5. The molecule has 0 saturated heterocycles. The van der Waals surface area contributed by atoms with Gasteiger partial charge in [-0.3, -0.25) is 0 Å². The molecule has 0 aliphatic heterocycles. The van der Waals surface area contributed by atoms with E-state index < -0.39 is 0 Å². The van der Waals surface area contributed by atoms with Crippen LogP contribution in [0.4, 0.5) is 11.4 Å². The molecular weight excluding hydrogens is 276 g/mol. The molecule has 1 N–H and O–H groups in total. The number of hydrogen-bond donors (Lipinski definition) is 1. The van der Waals surface area contributed by atoms with Gasteiger partial charge in [0.05, 0.1) is 13.7 Å². The summed E-state index contributed by atoms with van der Waals surface area (Å²) in [7, 11) is 1.66. The Hall–Kier alpha value is -2.75. The van der Waals surface area contributed by atoms with Crippen molar-refractivity contribution in [3.8, 4) is 11.6 Å². The smallest absolute Gasteiger partial charge is 0.221 e. The summed E-state index contributed by atoms with van der Waals surface area (Å²) in [6.07, 6.45) is 1.77. The van der Waals surface area contributed by atoms with E-state index in [1.807, 2.05) is 49.4 Å². The second-order valence-electron chi connectivity index (χ2n) is 4.84. The zero-order valence-electron chi connectivity index (χ0n) is 12.7. The number of nitrogens with zero attached hydrogens (tertiary/aromatic N) is 1. The number of rotatable bonds is 5. The number of nitrogens with one attached hydrogen (secondary N) is 1. The third-order valence-corrected chi connectivity index (χ3v) is 3.39. The van der Waals surface area contributed by atoms with Crippen LogP contribution in [0.2, 0.25) is 0 Å². The largest absolute Gasteiger partial charge is 0.497 e. The lowest BCUT2D eigenvalue weighted by Gasteiger charge is -2.10. The molecule has 3 rings (SSSR count). The van der Waals surface area contributed by atoms with Gasteiger partial charge in [-0.15, -0.1) is 0 Å². The Kier molecular flexibility index (Phi) is 4.10. The van der Waals surface area contributed by atoms with Crippen molar-refractivity contribution in [3.05, 3.63) is 54.7 Å². The number of anilines is 2. The van der Waals surface area contributed by atoms with Gasteiger partial charge in [-0.2, -0.15) is 0 Å². The number of fused-ring (bicyclic) bond motifs is 1. The fraction of sp³-hybridized carbons (Fsp3) is 0.167. The highest BCUT2D eigenvalue weighted by Crippen LogP contribution is 2.27. The number of pyridine rings is 1. The Balaban J connectivity index is 1.88. The van der Waals surface area contributed by atoms with Crippen molar-refractivity contribution in [1.82, 2.24) is 4.98 Å². The molecule has 4 heteroatoms. The first-order valence-corrected chi connectivity index (χ1v) is 7.23. The second-order valence-corrected chi connectivity index (χ2v) is 4.84. The first kappa shape index (κ1) is 14.2. The predicted molar refractivity (Wildman–Crippen MR) is 89.2 cm³/mol. The van der Waals surface area contributed by atoms with Crippen molar-refractivity contribution in [2.24, 2.45) is 0 Å². The summed E-state index contributed by atoms with van der Waals surface area (Å²) >= 11 is 0. The maximum absolute atomic E-state index is 5.56. The quantitative estimate of drug-likeness (QED) is 0.758. The fourth-order valence-electron chi connectivity index (χ4n) is 2.32. The number of benzene rings is 2. The van der Waals surface area contributed by atoms with E-state index in [9.17, 15) is 0 Å². The number of hydrogen-bond acceptors (Lipinski definition) is 4. The summed E-state index contributed by atoms with van der Waals surface area (Å²) in [5.41, 5.74) is 2.03. The average molecular weight is 294 g/mol. The molecule has 3 aromatic rings. The summed E-state index contributed by atoms with van der Waals surface area (Å²) in [6.45, 7) is 2.57. The van der Waals surface area contributed by atoms with Gasteiger partial charge in [0.15, 0.2) is 0 Å². The molecule has 0 radical (unpaired) electrons. The standard InChI is InChI=1S/C18H18N2O2/c1-3-22-18-17-9-6-15(12-13(17)10-11-19-18)20-14-4-7-16(21-2)8-5-14/h4-12,20H,3H2,1-2H3. The van der Waals surface area contributed by atoms with Gasteiger partial charge >= 0.3 is 0 Å². The lowest BCUT2D eigenvalue weighted by Crippen LogP contribution is -1.95. The van der Waals surface area contributed by atoms with Crippen LogP contribution < -0.4 is 14.8 Å². The van der Waals surface area contributed by atoms with E-state index in [1.54, 1.807) is 13.3 Å². The Morgan fingerprint density at radius 2 is 1.77 bits per heavy atom. The van der Waals surface area contributed by atoms with Gasteiger partial charge in [-0.1, -0.05) is 0 Å². The van der Waals surface area contributed by atoms with Crippen molar-refractivity contribution in [1.29, 1.82) is 0 Å². The molecule has 1 heterocycles. The van der Waals surface area contributed by atoms with Crippen LogP contribution in [0.1, 0.15) is 6.92 Å². The van der Waals surface area contributed by atoms with Crippen molar-refractivity contribution in [2.45, 2.75) is 6.92 Å². The summed E-state index contributed by atoms with van der Waals surface area (Å²) in [5.74, 6) is 1.52. The van der Waals surface area contributed by atoms with Crippen LogP contribution in [-0.4, -0.2) is 18.7 Å².